The standard InChI is InChI=1S/C12H16BrNO2/c13-9-5-4-8-12(15)14-16-10-11-6-2-1-3-7-11/h1-3,6-7H,4-5,8-10H2,(H,14,15). The molecule has 1 aromatic rings. The van der Waals surface area contributed by atoms with Crippen molar-refractivity contribution in [3.8, 4) is 0 Å². The van der Waals surface area contributed by atoms with Gasteiger partial charge in [-0.05, 0) is 18.4 Å². The van der Waals surface area contributed by atoms with Crippen LogP contribution < -0.4 is 5.48 Å². The highest BCUT2D eigenvalue weighted by Crippen LogP contribution is 2.00. The Hall–Kier alpha value is -0.870. The van der Waals surface area contributed by atoms with E-state index in [0.29, 0.717) is 13.0 Å². The molecule has 0 aromatic heterocycles. The van der Waals surface area contributed by atoms with Crippen molar-refractivity contribution in [2.75, 3.05) is 5.33 Å². The molecule has 0 bridgehead atoms. The van der Waals surface area contributed by atoms with Crippen molar-refractivity contribution in [1.82, 2.24) is 5.48 Å². The minimum absolute atomic E-state index is 0.0584. The Morgan fingerprint density at radius 1 is 1.25 bits per heavy atom. The van der Waals surface area contributed by atoms with Crippen molar-refractivity contribution in [3.05, 3.63) is 35.9 Å². The summed E-state index contributed by atoms with van der Waals surface area (Å²) in [5, 5.41) is 0.936. The van der Waals surface area contributed by atoms with E-state index >= 15 is 0 Å². The van der Waals surface area contributed by atoms with Gasteiger partial charge in [0.1, 0.15) is 0 Å². The van der Waals surface area contributed by atoms with E-state index in [4.69, 9.17) is 4.84 Å². The van der Waals surface area contributed by atoms with Gasteiger partial charge in [0.15, 0.2) is 0 Å². The number of rotatable bonds is 7. The lowest BCUT2D eigenvalue weighted by Gasteiger charge is -2.05. The van der Waals surface area contributed by atoms with Gasteiger partial charge in [-0.15, -0.1) is 0 Å². The average Bonchev–Trinajstić information content (AvgIpc) is 2.31. The number of benzene rings is 1. The van der Waals surface area contributed by atoms with E-state index in [0.717, 1.165) is 23.7 Å². The highest BCUT2D eigenvalue weighted by molar-refractivity contribution is 9.09. The molecule has 0 aliphatic heterocycles. The fourth-order valence-corrected chi connectivity index (χ4v) is 1.60. The maximum absolute atomic E-state index is 11.3. The molecule has 0 spiro atoms. The van der Waals surface area contributed by atoms with Crippen LogP contribution >= 0.6 is 15.9 Å². The SMILES string of the molecule is O=C(CCCCBr)NOCc1ccccc1. The van der Waals surface area contributed by atoms with E-state index < -0.39 is 0 Å². The second kappa shape index (κ2) is 8.30. The number of hydrogen-bond acceptors (Lipinski definition) is 2. The van der Waals surface area contributed by atoms with Crippen LogP contribution in [-0.4, -0.2) is 11.2 Å². The Bertz CT molecular complexity index is 303. The number of hydroxylamine groups is 1. The topological polar surface area (TPSA) is 38.3 Å². The number of carbonyl (C=O) groups excluding carboxylic acids is 1. The van der Waals surface area contributed by atoms with Crippen molar-refractivity contribution in [1.29, 1.82) is 0 Å². The van der Waals surface area contributed by atoms with E-state index in [-0.39, 0.29) is 5.91 Å². The first-order valence-corrected chi connectivity index (χ1v) is 6.45. The molecule has 0 unspecified atom stereocenters. The van der Waals surface area contributed by atoms with Gasteiger partial charge < -0.3 is 0 Å². The zero-order chi connectivity index (χ0) is 11.6. The van der Waals surface area contributed by atoms with Gasteiger partial charge in [0.05, 0.1) is 6.61 Å². The van der Waals surface area contributed by atoms with Gasteiger partial charge in [-0.25, -0.2) is 5.48 Å². The van der Waals surface area contributed by atoms with Crippen LogP contribution in [0, 0.1) is 0 Å². The van der Waals surface area contributed by atoms with Gasteiger partial charge in [0, 0.05) is 11.8 Å². The first-order valence-electron chi connectivity index (χ1n) is 5.33. The fourth-order valence-electron chi connectivity index (χ4n) is 1.21. The van der Waals surface area contributed by atoms with Crippen molar-refractivity contribution in [2.45, 2.75) is 25.9 Å². The third-order valence-electron chi connectivity index (χ3n) is 2.06. The molecule has 0 fully saturated rings. The molecule has 0 aliphatic carbocycles. The summed E-state index contributed by atoms with van der Waals surface area (Å²) >= 11 is 3.32. The molecule has 16 heavy (non-hydrogen) atoms. The van der Waals surface area contributed by atoms with Gasteiger partial charge in [-0.3, -0.25) is 9.63 Å². The minimum Gasteiger partial charge on any atom is -0.273 e. The highest BCUT2D eigenvalue weighted by atomic mass is 79.9. The van der Waals surface area contributed by atoms with E-state index in [9.17, 15) is 4.79 Å². The number of halogens is 1. The van der Waals surface area contributed by atoms with Gasteiger partial charge in [-0.2, -0.15) is 0 Å². The van der Waals surface area contributed by atoms with Gasteiger partial charge in [0.2, 0.25) is 5.91 Å². The maximum atomic E-state index is 11.3. The molecular weight excluding hydrogens is 270 g/mol. The smallest absolute Gasteiger partial charge is 0.243 e. The normalized spacial score (nSPS) is 10.1. The lowest BCUT2D eigenvalue weighted by molar-refractivity contribution is -0.134. The predicted molar refractivity (Wildman–Crippen MR) is 67.0 cm³/mol. The van der Waals surface area contributed by atoms with Crippen LogP contribution in [0.4, 0.5) is 0 Å². The third-order valence-corrected chi connectivity index (χ3v) is 2.62. The summed E-state index contributed by atoms with van der Waals surface area (Å²) in [6.07, 6.45) is 2.40. The highest BCUT2D eigenvalue weighted by Gasteiger charge is 2.00. The molecule has 0 aliphatic rings. The molecular formula is C12H16BrNO2. The molecule has 1 amide bonds. The Labute approximate surface area is 104 Å². The summed E-state index contributed by atoms with van der Waals surface area (Å²) in [6, 6.07) is 9.74. The summed E-state index contributed by atoms with van der Waals surface area (Å²) in [5.41, 5.74) is 3.48. The summed E-state index contributed by atoms with van der Waals surface area (Å²) < 4.78 is 0. The van der Waals surface area contributed by atoms with Gasteiger partial charge in [-0.1, -0.05) is 46.3 Å². The quantitative estimate of drug-likeness (QED) is 0.475. The fraction of sp³-hybridized carbons (Fsp3) is 0.417. The van der Waals surface area contributed by atoms with Crippen LogP contribution in [0.15, 0.2) is 30.3 Å². The first kappa shape index (κ1) is 13.2. The van der Waals surface area contributed by atoms with Crippen LogP contribution in [0.5, 0.6) is 0 Å². The van der Waals surface area contributed by atoms with Crippen LogP contribution in [0.25, 0.3) is 0 Å². The summed E-state index contributed by atoms with van der Waals surface area (Å²) in [6.45, 7) is 0.408. The molecule has 0 saturated carbocycles. The molecule has 4 heteroatoms. The molecule has 88 valence electrons. The lowest BCUT2D eigenvalue weighted by Crippen LogP contribution is -2.23. The maximum Gasteiger partial charge on any atom is 0.243 e. The minimum atomic E-state index is -0.0584. The van der Waals surface area contributed by atoms with Crippen molar-refractivity contribution < 1.29 is 9.63 Å². The Morgan fingerprint density at radius 2 is 2.00 bits per heavy atom. The van der Waals surface area contributed by atoms with E-state index in [1.54, 1.807) is 0 Å². The van der Waals surface area contributed by atoms with Crippen LogP contribution in [0.3, 0.4) is 0 Å². The van der Waals surface area contributed by atoms with E-state index in [1.807, 2.05) is 30.3 Å². The van der Waals surface area contributed by atoms with Crippen LogP contribution in [0.2, 0.25) is 0 Å². The van der Waals surface area contributed by atoms with Crippen molar-refractivity contribution in [2.24, 2.45) is 0 Å². The molecule has 0 heterocycles. The summed E-state index contributed by atoms with van der Waals surface area (Å²) in [4.78, 5) is 16.4. The molecule has 1 N–H and O–H groups in total. The van der Waals surface area contributed by atoms with Crippen LogP contribution in [0.1, 0.15) is 24.8 Å². The third kappa shape index (κ3) is 5.88. The van der Waals surface area contributed by atoms with Gasteiger partial charge >= 0.3 is 0 Å². The zero-order valence-electron chi connectivity index (χ0n) is 9.12. The van der Waals surface area contributed by atoms with Gasteiger partial charge in [0.25, 0.3) is 0 Å². The van der Waals surface area contributed by atoms with Crippen molar-refractivity contribution in [3.63, 3.8) is 0 Å². The van der Waals surface area contributed by atoms with E-state index in [2.05, 4.69) is 21.4 Å². The number of carbonyl (C=O) groups is 1. The second-order valence-electron chi connectivity index (χ2n) is 3.45. The first-order chi connectivity index (χ1) is 7.83. The Morgan fingerprint density at radius 3 is 2.69 bits per heavy atom. The molecule has 1 aromatic carbocycles. The number of unbranched alkanes of at least 4 members (excludes halogenated alkanes) is 1. The number of amides is 1. The zero-order valence-corrected chi connectivity index (χ0v) is 10.7. The number of hydrogen-bond donors (Lipinski definition) is 1. The molecule has 0 radical (unpaired) electrons. The van der Waals surface area contributed by atoms with E-state index in [1.165, 1.54) is 0 Å². The molecule has 0 atom stereocenters. The van der Waals surface area contributed by atoms with Crippen LogP contribution in [-0.2, 0) is 16.2 Å². The number of nitrogens with one attached hydrogen (secondary N) is 1. The Kier molecular flexibility index (Phi) is 6.85. The molecule has 1 rings (SSSR count). The monoisotopic (exact) mass is 285 g/mol. The number of alkyl halides is 1. The summed E-state index contributed by atoms with van der Waals surface area (Å²) in [7, 11) is 0. The Balaban J connectivity index is 2.09. The van der Waals surface area contributed by atoms with Crippen molar-refractivity contribution >= 4 is 21.8 Å². The average molecular weight is 286 g/mol. The molecule has 0 saturated heterocycles. The lowest BCUT2D eigenvalue weighted by atomic mass is 10.2. The molecule has 3 nitrogen and oxygen atoms in total. The summed E-state index contributed by atoms with van der Waals surface area (Å²) in [5.74, 6) is -0.0584. The largest absolute Gasteiger partial charge is 0.273 e. The second-order valence-corrected chi connectivity index (χ2v) is 4.24. The predicted octanol–water partition coefficient (Wildman–Crippen LogP) is 2.80.